The zero-order valence-electron chi connectivity index (χ0n) is 28.2. The highest BCUT2D eigenvalue weighted by atomic mass is 19.1. The van der Waals surface area contributed by atoms with E-state index in [0.717, 1.165) is 83.0 Å². The molecule has 0 aromatic heterocycles. The fourth-order valence-corrected chi connectivity index (χ4v) is 7.92. The Morgan fingerprint density at radius 2 is 1.75 bits per heavy atom. The van der Waals surface area contributed by atoms with Crippen LogP contribution in [0.1, 0.15) is 125 Å². The second-order valence-corrected chi connectivity index (χ2v) is 14.4. The molecule has 7 heteroatoms. The minimum absolute atomic E-state index is 0.121. The Bertz CT molecular complexity index is 1460. The fraction of sp³-hybridized carbons (Fsp3) is 0.622. The molecular weight excluding hydrogens is 557 g/mol. The average molecular weight is 608 g/mol. The summed E-state index contributed by atoms with van der Waals surface area (Å²) < 4.78 is 33.8. The third-order valence-electron chi connectivity index (χ3n) is 9.88. The summed E-state index contributed by atoms with van der Waals surface area (Å²) in [5.41, 5.74) is 6.30. The van der Waals surface area contributed by atoms with E-state index in [2.05, 4.69) is 11.8 Å². The van der Waals surface area contributed by atoms with Crippen LogP contribution in [0.2, 0.25) is 0 Å². The highest BCUT2D eigenvalue weighted by Gasteiger charge is 2.46. The van der Waals surface area contributed by atoms with E-state index in [1.165, 1.54) is 6.42 Å². The Labute approximate surface area is 262 Å². The number of carbonyl (C=O) groups is 2. The highest BCUT2D eigenvalue weighted by Crippen LogP contribution is 2.50. The second kappa shape index (κ2) is 12.1. The first-order valence-corrected chi connectivity index (χ1v) is 16.5. The van der Waals surface area contributed by atoms with Crippen LogP contribution in [0.25, 0.3) is 11.1 Å². The van der Waals surface area contributed by atoms with E-state index in [9.17, 15) is 9.59 Å². The molecule has 0 N–H and O–H groups in total. The summed E-state index contributed by atoms with van der Waals surface area (Å²) in [6.07, 6.45) is 5.97. The predicted molar refractivity (Wildman–Crippen MR) is 171 cm³/mol. The largest absolute Gasteiger partial charge is 0.490 e. The third kappa shape index (κ3) is 5.65. The minimum Gasteiger partial charge on any atom is -0.490 e. The molecule has 0 bridgehead atoms. The molecule has 2 aromatic carbocycles. The Morgan fingerprint density at radius 1 is 1.07 bits per heavy atom. The molecule has 2 heterocycles. The molecule has 1 amide bonds. The molecule has 0 spiro atoms. The SMILES string of the molecule is CCOC(=O)[C@@H](OC(C)(C)C)c1c(C)c2c(c(C)c1-c1cc(F)c3c(c1C)CCCO3)CN(C1CCCCC1)C(=O)C2(C)C. The number of esters is 1. The number of rotatable bonds is 6. The summed E-state index contributed by atoms with van der Waals surface area (Å²) in [6, 6.07) is 1.78. The van der Waals surface area contributed by atoms with Gasteiger partial charge in [-0.1, -0.05) is 19.3 Å². The highest BCUT2D eigenvalue weighted by molar-refractivity contribution is 5.93. The second-order valence-electron chi connectivity index (χ2n) is 14.4. The lowest BCUT2D eigenvalue weighted by atomic mass is 9.69. The fourth-order valence-electron chi connectivity index (χ4n) is 7.92. The number of fused-ring (bicyclic) bond motifs is 2. The van der Waals surface area contributed by atoms with Crippen LogP contribution in [0.4, 0.5) is 4.39 Å². The van der Waals surface area contributed by atoms with E-state index >= 15 is 4.39 Å². The quantitative estimate of drug-likeness (QED) is 0.311. The lowest BCUT2D eigenvalue weighted by molar-refractivity contribution is -0.166. The van der Waals surface area contributed by atoms with E-state index in [1.807, 2.05) is 48.5 Å². The van der Waals surface area contributed by atoms with Crippen LogP contribution >= 0.6 is 0 Å². The number of carbonyl (C=O) groups excluding carboxylic acids is 2. The predicted octanol–water partition coefficient (Wildman–Crippen LogP) is 8.11. The molecule has 2 aromatic rings. The van der Waals surface area contributed by atoms with E-state index in [0.29, 0.717) is 24.5 Å². The van der Waals surface area contributed by atoms with Gasteiger partial charge in [0.1, 0.15) is 0 Å². The first-order valence-electron chi connectivity index (χ1n) is 16.5. The van der Waals surface area contributed by atoms with Crippen molar-refractivity contribution in [3.63, 3.8) is 0 Å². The van der Waals surface area contributed by atoms with Crippen molar-refractivity contribution in [3.05, 3.63) is 50.8 Å². The van der Waals surface area contributed by atoms with Crippen molar-refractivity contribution in [2.24, 2.45) is 0 Å². The number of benzene rings is 2. The number of nitrogens with zero attached hydrogens (tertiary/aromatic N) is 1. The molecule has 1 saturated carbocycles. The van der Waals surface area contributed by atoms with Gasteiger partial charge in [0, 0.05) is 23.7 Å². The molecule has 0 unspecified atom stereocenters. The van der Waals surface area contributed by atoms with Crippen molar-refractivity contribution in [1.29, 1.82) is 0 Å². The van der Waals surface area contributed by atoms with Gasteiger partial charge in [-0.3, -0.25) is 4.79 Å². The summed E-state index contributed by atoms with van der Waals surface area (Å²) in [5, 5.41) is 0. The van der Waals surface area contributed by atoms with E-state index < -0.39 is 28.9 Å². The molecule has 240 valence electrons. The Kier molecular flexibility index (Phi) is 8.93. The van der Waals surface area contributed by atoms with Gasteiger partial charge in [0.05, 0.1) is 24.2 Å². The van der Waals surface area contributed by atoms with E-state index in [4.69, 9.17) is 14.2 Å². The first kappa shape index (κ1) is 32.5. The molecule has 44 heavy (non-hydrogen) atoms. The van der Waals surface area contributed by atoms with Gasteiger partial charge in [0.25, 0.3) is 0 Å². The van der Waals surface area contributed by atoms with Crippen molar-refractivity contribution < 1.29 is 28.2 Å². The normalized spacial score (nSPS) is 19.2. The van der Waals surface area contributed by atoms with Gasteiger partial charge in [-0.05, 0) is 133 Å². The van der Waals surface area contributed by atoms with Crippen LogP contribution in [0.15, 0.2) is 6.07 Å². The minimum atomic E-state index is -1.06. The molecule has 0 saturated heterocycles. The van der Waals surface area contributed by atoms with Crippen LogP contribution in [-0.2, 0) is 37.4 Å². The van der Waals surface area contributed by atoms with Gasteiger partial charge >= 0.3 is 5.97 Å². The maximum Gasteiger partial charge on any atom is 0.339 e. The summed E-state index contributed by atoms with van der Waals surface area (Å²) >= 11 is 0. The summed E-state index contributed by atoms with van der Waals surface area (Å²) in [5.74, 6) is -0.441. The van der Waals surface area contributed by atoms with Gasteiger partial charge < -0.3 is 19.1 Å². The molecule has 1 fully saturated rings. The Morgan fingerprint density at radius 3 is 2.39 bits per heavy atom. The van der Waals surface area contributed by atoms with Crippen LogP contribution < -0.4 is 4.74 Å². The van der Waals surface area contributed by atoms with E-state index in [1.54, 1.807) is 13.0 Å². The average Bonchev–Trinajstić information content (AvgIpc) is 2.97. The van der Waals surface area contributed by atoms with Crippen molar-refractivity contribution in [2.45, 2.75) is 137 Å². The maximum atomic E-state index is 15.8. The monoisotopic (exact) mass is 607 g/mol. The topological polar surface area (TPSA) is 65.1 Å². The van der Waals surface area contributed by atoms with Gasteiger partial charge in [-0.25, -0.2) is 9.18 Å². The molecule has 0 radical (unpaired) electrons. The number of amides is 1. The van der Waals surface area contributed by atoms with Gasteiger partial charge in [-0.2, -0.15) is 0 Å². The van der Waals surface area contributed by atoms with Crippen LogP contribution in [-0.4, -0.2) is 41.6 Å². The van der Waals surface area contributed by atoms with Crippen molar-refractivity contribution in [2.75, 3.05) is 13.2 Å². The van der Waals surface area contributed by atoms with Gasteiger partial charge in [0.2, 0.25) is 5.91 Å². The molecule has 1 atom stereocenters. The Balaban J connectivity index is 1.85. The van der Waals surface area contributed by atoms with Crippen molar-refractivity contribution in [1.82, 2.24) is 4.90 Å². The zero-order valence-corrected chi connectivity index (χ0v) is 28.2. The molecule has 2 aliphatic heterocycles. The maximum absolute atomic E-state index is 15.8. The lowest BCUT2D eigenvalue weighted by Crippen LogP contribution is -2.53. The lowest BCUT2D eigenvalue weighted by Gasteiger charge is -2.46. The molecular formula is C37H50FNO5. The number of ether oxygens (including phenoxy) is 3. The number of hydrogen-bond acceptors (Lipinski definition) is 5. The Hall–Kier alpha value is -2.93. The molecule has 1 aliphatic carbocycles. The number of hydrogen-bond donors (Lipinski definition) is 0. The van der Waals surface area contributed by atoms with Crippen LogP contribution in [0.5, 0.6) is 5.75 Å². The van der Waals surface area contributed by atoms with Crippen LogP contribution in [0.3, 0.4) is 0 Å². The molecule has 6 nitrogen and oxygen atoms in total. The third-order valence-corrected chi connectivity index (χ3v) is 9.88. The van der Waals surface area contributed by atoms with Crippen molar-refractivity contribution >= 4 is 11.9 Å². The zero-order chi connectivity index (χ0) is 32.1. The van der Waals surface area contributed by atoms with Gasteiger partial charge in [-0.15, -0.1) is 0 Å². The summed E-state index contributed by atoms with van der Waals surface area (Å²) in [4.78, 5) is 30.2. The summed E-state index contributed by atoms with van der Waals surface area (Å²) in [6.45, 7) is 18.8. The van der Waals surface area contributed by atoms with E-state index in [-0.39, 0.29) is 18.6 Å². The van der Waals surface area contributed by atoms with Crippen molar-refractivity contribution in [3.8, 4) is 16.9 Å². The first-order chi connectivity index (χ1) is 20.7. The molecule has 3 aliphatic rings. The van der Waals surface area contributed by atoms with Gasteiger partial charge in [0.15, 0.2) is 17.7 Å². The standard InChI is InChI=1S/C37H50FNO5/c1-10-42-34(40)33(44-36(5,6)7)30-23(4)31-27(20-39(35(41)37(31,8)9)24-15-12-11-13-16-24)22(3)29(30)26-19-28(38)32-25(21(26)2)17-14-18-43-32/h19,24,33H,10-18,20H2,1-9H3/t33-/m0/s1. The van der Waals surface area contributed by atoms with Crippen LogP contribution in [0, 0.1) is 26.6 Å². The smallest absolute Gasteiger partial charge is 0.339 e. The summed E-state index contributed by atoms with van der Waals surface area (Å²) in [7, 11) is 0. The molecule has 5 rings (SSSR count). The number of halogens is 1.